The number of aliphatic hydroxyl groups excluding tert-OH is 1. The maximum absolute atomic E-state index is 10.6. The van der Waals surface area contributed by atoms with Crippen LogP contribution in [0.1, 0.15) is 73.1 Å². The Morgan fingerprint density at radius 2 is 1.55 bits per heavy atom. The third-order valence-electron chi connectivity index (χ3n) is 9.16. The minimum Gasteiger partial charge on any atom is -0.407 e. The van der Waals surface area contributed by atoms with Crippen molar-refractivity contribution in [3.8, 4) is 0 Å². The lowest BCUT2D eigenvalue weighted by atomic mass is 9.61. The van der Waals surface area contributed by atoms with Gasteiger partial charge in [0.25, 0.3) is 8.32 Å². The van der Waals surface area contributed by atoms with E-state index in [4.69, 9.17) is 4.43 Å². The van der Waals surface area contributed by atoms with Gasteiger partial charge in [-0.2, -0.15) is 0 Å². The van der Waals surface area contributed by atoms with Crippen LogP contribution in [-0.2, 0) is 4.43 Å². The molecule has 2 aliphatic rings. The van der Waals surface area contributed by atoms with Crippen LogP contribution in [0.25, 0.3) is 0 Å². The first kappa shape index (κ1) is 24.7. The van der Waals surface area contributed by atoms with E-state index >= 15 is 0 Å². The summed E-state index contributed by atoms with van der Waals surface area (Å²) >= 11 is 0. The average molecular weight is 465 g/mol. The summed E-state index contributed by atoms with van der Waals surface area (Å²) < 4.78 is 7.18. The number of rotatable bonds is 7. The number of benzene rings is 2. The van der Waals surface area contributed by atoms with Gasteiger partial charge in [-0.3, -0.25) is 0 Å². The second kappa shape index (κ2) is 9.68. The van der Waals surface area contributed by atoms with Gasteiger partial charge in [-0.1, -0.05) is 102 Å². The highest BCUT2D eigenvalue weighted by Crippen LogP contribution is 2.58. The van der Waals surface area contributed by atoms with Crippen LogP contribution in [0, 0.1) is 23.2 Å². The first-order valence-corrected chi connectivity index (χ1v) is 15.0. The van der Waals surface area contributed by atoms with Crippen molar-refractivity contribution in [2.75, 3.05) is 6.61 Å². The molecule has 3 heteroatoms. The van der Waals surface area contributed by atoms with E-state index in [0.717, 1.165) is 19.4 Å². The van der Waals surface area contributed by atoms with Crippen LogP contribution in [0.3, 0.4) is 0 Å². The molecule has 2 aromatic rings. The van der Waals surface area contributed by atoms with E-state index in [1.54, 1.807) is 0 Å². The van der Waals surface area contributed by atoms with E-state index < -0.39 is 8.32 Å². The molecule has 0 saturated heterocycles. The topological polar surface area (TPSA) is 29.5 Å². The molecule has 2 fully saturated rings. The molecular weight excluding hydrogens is 420 g/mol. The average Bonchev–Trinajstić information content (AvgIpc) is 3.15. The molecule has 33 heavy (non-hydrogen) atoms. The van der Waals surface area contributed by atoms with Gasteiger partial charge in [0.2, 0.25) is 0 Å². The van der Waals surface area contributed by atoms with Crippen molar-refractivity contribution in [3.05, 3.63) is 60.7 Å². The second-order valence-electron chi connectivity index (χ2n) is 12.0. The molecule has 0 bridgehead atoms. The summed E-state index contributed by atoms with van der Waals surface area (Å²) in [5.74, 6) is 1.81. The van der Waals surface area contributed by atoms with Gasteiger partial charge in [0.15, 0.2) is 0 Å². The van der Waals surface area contributed by atoms with Crippen molar-refractivity contribution >= 4 is 18.7 Å². The first-order valence-electron chi connectivity index (χ1n) is 13.1. The quantitative estimate of drug-likeness (QED) is 0.497. The van der Waals surface area contributed by atoms with Gasteiger partial charge in [0.05, 0.1) is 6.10 Å². The zero-order valence-corrected chi connectivity index (χ0v) is 22.4. The zero-order chi connectivity index (χ0) is 23.7. The van der Waals surface area contributed by atoms with Crippen molar-refractivity contribution in [2.45, 2.75) is 84.3 Å². The Hall–Kier alpha value is -1.42. The van der Waals surface area contributed by atoms with E-state index in [2.05, 4.69) is 95.3 Å². The molecule has 0 heterocycles. The van der Waals surface area contributed by atoms with Crippen molar-refractivity contribution < 1.29 is 9.53 Å². The molecule has 0 radical (unpaired) electrons. The molecule has 180 valence electrons. The molecule has 2 aliphatic carbocycles. The molecule has 0 aromatic heterocycles. The van der Waals surface area contributed by atoms with Gasteiger partial charge < -0.3 is 9.53 Å². The van der Waals surface area contributed by atoms with Crippen LogP contribution in [-0.4, -0.2) is 26.1 Å². The van der Waals surface area contributed by atoms with Crippen LogP contribution >= 0.6 is 0 Å². The molecule has 0 unspecified atom stereocenters. The maximum atomic E-state index is 10.6. The summed E-state index contributed by atoms with van der Waals surface area (Å²) in [6, 6.07) is 22.0. The van der Waals surface area contributed by atoms with Gasteiger partial charge >= 0.3 is 0 Å². The smallest absolute Gasteiger partial charge is 0.261 e. The summed E-state index contributed by atoms with van der Waals surface area (Å²) in [6.45, 7) is 12.8. The minimum atomic E-state index is -2.46. The van der Waals surface area contributed by atoms with E-state index in [1.807, 2.05) is 0 Å². The molecule has 2 saturated carbocycles. The van der Waals surface area contributed by atoms with Crippen LogP contribution in [0.5, 0.6) is 0 Å². The predicted molar refractivity (Wildman–Crippen MR) is 142 cm³/mol. The molecular formula is C30H44O2Si. The highest BCUT2D eigenvalue weighted by molar-refractivity contribution is 6.99. The summed E-state index contributed by atoms with van der Waals surface area (Å²) in [5, 5.41) is 13.4. The minimum absolute atomic E-state index is 0.0247. The Balaban J connectivity index is 1.56. The van der Waals surface area contributed by atoms with Crippen molar-refractivity contribution in [2.24, 2.45) is 23.2 Å². The number of aliphatic hydroxyl groups is 1. The molecule has 0 spiro atoms. The van der Waals surface area contributed by atoms with Crippen molar-refractivity contribution in [1.82, 2.24) is 0 Å². The molecule has 2 aromatic carbocycles. The third kappa shape index (κ3) is 4.49. The van der Waals surface area contributed by atoms with E-state index in [-0.39, 0.29) is 11.1 Å². The van der Waals surface area contributed by atoms with Gasteiger partial charge in [-0.15, -0.1) is 0 Å². The molecule has 0 aliphatic heterocycles. The standard InChI is InChI=1S/C30H44O2Si/c1-23(26-18-19-27-28(31)17-12-21-30(26,27)5)20-22-32-33(29(2,3)4,24-13-8-6-9-14-24)25-15-10-7-11-16-25/h6-11,13-16,23,26-28,31H,12,17-22H2,1-5H3/t23-,26-,27+,28-,30-/m1/s1. The van der Waals surface area contributed by atoms with Crippen LogP contribution in [0.15, 0.2) is 60.7 Å². The molecule has 1 N–H and O–H groups in total. The highest BCUT2D eigenvalue weighted by atomic mass is 28.4. The fraction of sp³-hybridized carbons (Fsp3) is 0.600. The van der Waals surface area contributed by atoms with E-state index in [1.165, 1.54) is 36.1 Å². The number of hydrogen-bond donors (Lipinski definition) is 1. The van der Waals surface area contributed by atoms with Crippen molar-refractivity contribution in [1.29, 1.82) is 0 Å². The monoisotopic (exact) mass is 464 g/mol. The fourth-order valence-electron chi connectivity index (χ4n) is 7.48. The Morgan fingerprint density at radius 3 is 2.09 bits per heavy atom. The largest absolute Gasteiger partial charge is 0.407 e. The maximum Gasteiger partial charge on any atom is 0.261 e. The van der Waals surface area contributed by atoms with Gasteiger partial charge in [-0.25, -0.2) is 0 Å². The van der Waals surface area contributed by atoms with Crippen LogP contribution in [0.2, 0.25) is 5.04 Å². The van der Waals surface area contributed by atoms with Crippen LogP contribution < -0.4 is 10.4 Å². The molecule has 2 nitrogen and oxygen atoms in total. The molecule has 5 atom stereocenters. The van der Waals surface area contributed by atoms with Gasteiger partial charge in [-0.05, 0) is 70.7 Å². The van der Waals surface area contributed by atoms with E-state index in [0.29, 0.717) is 23.2 Å². The lowest BCUT2D eigenvalue weighted by Crippen LogP contribution is -2.66. The summed E-state index contributed by atoms with van der Waals surface area (Å²) in [5.41, 5.74) is 0.300. The number of fused-ring (bicyclic) bond motifs is 1. The Bertz CT molecular complexity index is 851. The lowest BCUT2D eigenvalue weighted by molar-refractivity contribution is -0.0286. The first-order chi connectivity index (χ1) is 15.7. The zero-order valence-electron chi connectivity index (χ0n) is 21.4. The van der Waals surface area contributed by atoms with Gasteiger partial charge in [0, 0.05) is 6.61 Å². The van der Waals surface area contributed by atoms with Crippen molar-refractivity contribution in [3.63, 3.8) is 0 Å². The predicted octanol–water partition coefficient (Wildman–Crippen LogP) is 6.17. The summed E-state index contributed by atoms with van der Waals surface area (Å²) in [7, 11) is -2.46. The normalized spacial score (nSPS) is 29.0. The summed E-state index contributed by atoms with van der Waals surface area (Å²) in [4.78, 5) is 0. The van der Waals surface area contributed by atoms with E-state index in [9.17, 15) is 5.11 Å². The SMILES string of the molecule is C[C@H](CCO[Si](c1ccccc1)(c1ccccc1)C(C)(C)C)[C@H]1CC[C@H]2[C@H](O)CCC[C@]12C. The second-order valence-corrected chi connectivity index (χ2v) is 16.3. The lowest BCUT2D eigenvalue weighted by Gasteiger charge is -2.46. The summed E-state index contributed by atoms with van der Waals surface area (Å²) in [6.07, 6.45) is 6.91. The molecule has 4 rings (SSSR count). The Morgan fingerprint density at radius 1 is 0.970 bits per heavy atom. The third-order valence-corrected chi connectivity index (χ3v) is 14.2. The van der Waals surface area contributed by atoms with Crippen LogP contribution in [0.4, 0.5) is 0 Å². The number of hydrogen-bond acceptors (Lipinski definition) is 2. The molecule has 0 amide bonds. The highest BCUT2D eigenvalue weighted by Gasteiger charge is 2.53. The Kier molecular flexibility index (Phi) is 7.24. The Labute approximate surface area is 202 Å². The fourth-order valence-corrected chi connectivity index (χ4v) is 12.1. The van der Waals surface area contributed by atoms with Gasteiger partial charge in [0.1, 0.15) is 0 Å².